The van der Waals surface area contributed by atoms with Gasteiger partial charge in [0.15, 0.2) is 0 Å². The van der Waals surface area contributed by atoms with E-state index in [2.05, 4.69) is 4.72 Å². The van der Waals surface area contributed by atoms with Crippen LogP contribution in [0.25, 0.3) is 0 Å². The van der Waals surface area contributed by atoms with Crippen LogP contribution in [-0.4, -0.2) is 14.0 Å². The first kappa shape index (κ1) is 14.9. The van der Waals surface area contributed by atoms with Crippen molar-refractivity contribution in [2.45, 2.75) is 43.0 Å². The molecular weight excluding hydrogens is 307 g/mol. The van der Waals surface area contributed by atoms with Crippen LogP contribution in [0.3, 0.4) is 0 Å². The van der Waals surface area contributed by atoms with Gasteiger partial charge in [-0.1, -0.05) is 36.0 Å². The number of hydrogen-bond donors (Lipinski definition) is 2. The fourth-order valence-electron chi connectivity index (χ4n) is 2.47. The predicted octanol–water partition coefficient (Wildman–Crippen LogP) is 3.19. The lowest BCUT2D eigenvalue weighted by molar-refractivity contribution is 0.427. The third kappa shape index (κ3) is 3.16. The molecule has 0 radical (unpaired) electrons. The first-order chi connectivity index (χ1) is 8.73. The molecule has 2 rings (SSSR count). The molecule has 0 aliphatic heterocycles. The molecule has 3 N–H and O–H groups in total. The molecule has 1 aromatic carbocycles. The zero-order valence-electron chi connectivity index (χ0n) is 10.5. The van der Waals surface area contributed by atoms with E-state index >= 15 is 0 Å². The third-order valence-corrected chi connectivity index (χ3v) is 5.94. The van der Waals surface area contributed by atoms with E-state index in [1.165, 1.54) is 12.1 Å². The lowest BCUT2D eigenvalue weighted by Crippen LogP contribution is -2.43. The van der Waals surface area contributed by atoms with Gasteiger partial charge in [-0.25, -0.2) is 13.1 Å². The van der Waals surface area contributed by atoms with Crippen LogP contribution in [0.2, 0.25) is 10.0 Å². The number of nitrogen functional groups attached to an aromatic ring is 1. The Morgan fingerprint density at radius 2 is 1.68 bits per heavy atom. The van der Waals surface area contributed by atoms with Gasteiger partial charge in [-0.2, -0.15) is 0 Å². The summed E-state index contributed by atoms with van der Waals surface area (Å²) in [6.07, 6.45) is 3.66. The molecule has 0 heterocycles. The molecule has 7 heteroatoms. The maximum Gasteiger partial charge on any atom is 0.244 e. The second kappa shape index (κ2) is 5.13. The predicted molar refractivity (Wildman–Crippen MR) is 78.1 cm³/mol. The van der Waals surface area contributed by atoms with E-state index in [1.807, 2.05) is 6.92 Å². The Kier molecular flexibility index (Phi) is 4.02. The Hall–Kier alpha value is -0.490. The second-order valence-electron chi connectivity index (χ2n) is 5.19. The van der Waals surface area contributed by atoms with Crippen molar-refractivity contribution in [2.24, 2.45) is 0 Å². The van der Waals surface area contributed by atoms with E-state index in [0.29, 0.717) is 5.69 Å². The minimum absolute atomic E-state index is 0.0408. The zero-order chi connectivity index (χ0) is 14.3. The van der Waals surface area contributed by atoms with Crippen molar-refractivity contribution in [1.82, 2.24) is 4.72 Å². The summed E-state index contributed by atoms with van der Waals surface area (Å²) in [5.41, 5.74) is 5.49. The summed E-state index contributed by atoms with van der Waals surface area (Å²) in [5, 5.41) is 0.0817. The molecular formula is C12H16Cl2N2O2S. The number of rotatable bonds is 3. The quantitative estimate of drug-likeness (QED) is 0.839. The van der Waals surface area contributed by atoms with Gasteiger partial charge < -0.3 is 5.73 Å². The molecule has 0 saturated heterocycles. The number of nitrogens with two attached hydrogens (primary N) is 1. The van der Waals surface area contributed by atoms with E-state index in [9.17, 15) is 8.42 Å². The molecule has 0 spiro atoms. The third-order valence-electron chi connectivity index (χ3n) is 3.38. The standard InChI is InChI=1S/C12H16Cl2N2O2S/c1-12(4-2-3-5-12)16-19(17,18)11-9(13)6-8(15)7-10(11)14/h6-7,16H,2-5,15H2,1H3. The van der Waals surface area contributed by atoms with Crippen LogP contribution >= 0.6 is 23.2 Å². The Morgan fingerprint density at radius 1 is 1.21 bits per heavy atom. The van der Waals surface area contributed by atoms with Gasteiger partial charge in [-0.3, -0.25) is 0 Å². The summed E-state index contributed by atoms with van der Waals surface area (Å²) < 4.78 is 27.6. The molecule has 0 aromatic heterocycles. The molecule has 0 atom stereocenters. The summed E-state index contributed by atoms with van der Waals surface area (Å²) in [5.74, 6) is 0. The highest BCUT2D eigenvalue weighted by atomic mass is 35.5. The summed E-state index contributed by atoms with van der Waals surface area (Å²) in [7, 11) is -3.75. The number of nitrogens with one attached hydrogen (secondary N) is 1. The Bertz CT molecular complexity index is 573. The van der Waals surface area contributed by atoms with E-state index in [-0.39, 0.29) is 14.9 Å². The van der Waals surface area contributed by atoms with E-state index in [0.717, 1.165) is 25.7 Å². The Balaban J connectivity index is 2.40. The van der Waals surface area contributed by atoms with E-state index in [4.69, 9.17) is 28.9 Å². The largest absolute Gasteiger partial charge is 0.399 e. The fraction of sp³-hybridized carbons (Fsp3) is 0.500. The van der Waals surface area contributed by atoms with Crippen molar-refractivity contribution in [1.29, 1.82) is 0 Å². The van der Waals surface area contributed by atoms with E-state index in [1.54, 1.807) is 0 Å². The molecule has 0 unspecified atom stereocenters. The van der Waals surface area contributed by atoms with Crippen LogP contribution in [0.15, 0.2) is 17.0 Å². The Morgan fingerprint density at radius 3 is 2.16 bits per heavy atom. The van der Waals surface area contributed by atoms with Gasteiger partial charge >= 0.3 is 0 Å². The van der Waals surface area contributed by atoms with Crippen LogP contribution < -0.4 is 10.5 Å². The average molecular weight is 323 g/mol. The van der Waals surface area contributed by atoms with Crippen molar-refractivity contribution < 1.29 is 8.42 Å². The molecule has 0 amide bonds. The molecule has 4 nitrogen and oxygen atoms in total. The Labute approximate surface area is 123 Å². The molecule has 106 valence electrons. The molecule has 1 aliphatic carbocycles. The van der Waals surface area contributed by atoms with Crippen molar-refractivity contribution in [3.63, 3.8) is 0 Å². The van der Waals surface area contributed by atoms with Crippen molar-refractivity contribution >= 4 is 38.9 Å². The van der Waals surface area contributed by atoms with Gasteiger partial charge in [0.1, 0.15) is 4.90 Å². The highest BCUT2D eigenvalue weighted by Gasteiger charge is 2.35. The van der Waals surface area contributed by atoms with Gasteiger partial charge in [0.2, 0.25) is 10.0 Å². The molecule has 0 bridgehead atoms. The van der Waals surface area contributed by atoms with E-state index < -0.39 is 15.6 Å². The molecule has 1 aliphatic rings. The van der Waals surface area contributed by atoms with Gasteiger partial charge in [0, 0.05) is 11.2 Å². The maximum absolute atomic E-state index is 12.4. The topological polar surface area (TPSA) is 72.2 Å². The average Bonchev–Trinajstić information content (AvgIpc) is 2.60. The lowest BCUT2D eigenvalue weighted by atomic mass is 10.0. The maximum atomic E-state index is 12.4. The highest BCUT2D eigenvalue weighted by Crippen LogP contribution is 2.35. The second-order valence-corrected chi connectivity index (χ2v) is 7.62. The summed E-state index contributed by atoms with van der Waals surface area (Å²) in [6.45, 7) is 1.90. The fourth-order valence-corrected chi connectivity index (χ4v) is 5.17. The van der Waals surface area contributed by atoms with Crippen LogP contribution in [0.5, 0.6) is 0 Å². The number of benzene rings is 1. The molecule has 1 fully saturated rings. The highest BCUT2D eigenvalue weighted by molar-refractivity contribution is 7.89. The van der Waals surface area contributed by atoms with Gasteiger partial charge in [0.05, 0.1) is 10.0 Å². The normalized spacial score (nSPS) is 18.7. The van der Waals surface area contributed by atoms with Gasteiger partial charge in [-0.15, -0.1) is 0 Å². The monoisotopic (exact) mass is 322 g/mol. The molecule has 1 aromatic rings. The SMILES string of the molecule is CC1(NS(=O)(=O)c2c(Cl)cc(N)cc2Cl)CCCC1. The van der Waals surface area contributed by atoms with Crippen LogP contribution in [0, 0.1) is 0 Å². The van der Waals surface area contributed by atoms with Crippen LogP contribution in [0.4, 0.5) is 5.69 Å². The first-order valence-electron chi connectivity index (χ1n) is 6.02. The number of sulfonamides is 1. The molecule has 1 saturated carbocycles. The lowest BCUT2D eigenvalue weighted by Gasteiger charge is -2.25. The summed E-state index contributed by atoms with van der Waals surface area (Å²) in [4.78, 5) is -0.0989. The van der Waals surface area contributed by atoms with Gasteiger partial charge in [0.25, 0.3) is 0 Å². The number of hydrogen-bond acceptors (Lipinski definition) is 3. The summed E-state index contributed by atoms with van der Waals surface area (Å²) >= 11 is 11.9. The minimum Gasteiger partial charge on any atom is -0.399 e. The number of halogens is 2. The van der Waals surface area contributed by atoms with Crippen molar-refractivity contribution in [2.75, 3.05) is 5.73 Å². The van der Waals surface area contributed by atoms with Gasteiger partial charge in [-0.05, 0) is 31.9 Å². The number of anilines is 1. The summed E-state index contributed by atoms with van der Waals surface area (Å²) in [6, 6.07) is 2.78. The smallest absolute Gasteiger partial charge is 0.244 e. The minimum atomic E-state index is -3.75. The first-order valence-corrected chi connectivity index (χ1v) is 8.26. The zero-order valence-corrected chi connectivity index (χ0v) is 12.9. The van der Waals surface area contributed by atoms with Crippen LogP contribution in [-0.2, 0) is 10.0 Å². The van der Waals surface area contributed by atoms with Crippen molar-refractivity contribution in [3.8, 4) is 0 Å². The van der Waals surface area contributed by atoms with Crippen LogP contribution in [0.1, 0.15) is 32.6 Å². The molecule has 19 heavy (non-hydrogen) atoms. The van der Waals surface area contributed by atoms with Crippen molar-refractivity contribution in [3.05, 3.63) is 22.2 Å².